The SMILES string of the molecule is CCCC/C=[C](\CO)[Sn]([CH2]C(C)(C)c1ccccc1)([CH2]C(C)(C)c1ccccc1)[CH2]C(C)(C)c1ccccc1. The van der Waals surface area contributed by atoms with E-state index in [2.05, 4.69) is 146 Å². The second kappa shape index (κ2) is 13.7. The van der Waals surface area contributed by atoms with Gasteiger partial charge in [0.15, 0.2) is 0 Å². The maximum atomic E-state index is 11.1. The van der Waals surface area contributed by atoms with E-state index in [0.29, 0.717) is 0 Å². The van der Waals surface area contributed by atoms with Gasteiger partial charge in [0.1, 0.15) is 0 Å². The van der Waals surface area contributed by atoms with Crippen LogP contribution in [-0.2, 0) is 16.2 Å². The van der Waals surface area contributed by atoms with Gasteiger partial charge in [-0.25, -0.2) is 0 Å². The molecule has 3 aromatic carbocycles. The molecule has 0 amide bonds. The Morgan fingerprint density at radius 2 is 0.949 bits per heavy atom. The van der Waals surface area contributed by atoms with Gasteiger partial charge < -0.3 is 0 Å². The second-order valence-electron chi connectivity index (χ2n) is 13.6. The van der Waals surface area contributed by atoms with Gasteiger partial charge in [-0.05, 0) is 0 Å². The average molecular weight is 632 g/mol. The zero-order valence-electron chi connectivity index (χ0n) is 25.6. The van der Waals surface area contributed by atoms with Gasteiger partial charge in [-0.3, -0.25) is 0 Å². The third kappa shape index (κ3) is 8.33. The van der Waals surface area contributed by atoms with Gasteiger partial charge in [-0.2, -0.15) is 0 Å². The summed E-state index contributed by atoms with van der Waals surface area (Å²) in [7, 11) is 0. The van der Waals surface area contributed by atoms with Crippen LogP contribution in [0.5, 0.6) is 0 Å². The first kappa shape index (κ1) is 31.7. The Labute approximate surface area is 243 Å². The summed E-state index contributed by atoms with van der Waals surface area (Å²) in [5.41, 5.74) is 4.30. The van der Waals surface area contributed by atoms with Crippen LogP contribution in [0.3, 0.4) is 0 Å². The Morgan fingerprint density at radius 3 is 1.23 bits per heavy atom. The predicted molar refractivity (Wildman–Crippen MR) is 173 cm³/mol. The van der Waals surface area contributed by atoms with Gasteiger partial charge >= 0.3 is 245 Å². The molecule has 0 spiro atoms. The number of benzene rings is 3. The van der Waals surface area contributed by atoms with Crippen molar-refractivity contribution in [2.75, 3.05) is 6.61 Å². The number of allylic oxidation sites excluding steroid dienone is 1. The molecule has 0 fully saturated rings. The van der Waals surface area contributed by atoms with Crippen molar-refractivity contribution >= 4 is 18.4 Å². The van der Waals surface area contributed by atoms with Crippen LogP contribution >= 0.6 is 0 Å². The summed E-state index contributed by atoms with van der Waals surface area (Å²) in [6.45, 7) is 17.1. The standard InChI is InChI=1S/3C10H13.C7H13O.Sn/c3*1-10(2,3)9-7-5-4-6-8-9;1-2-3-4-5-6-7-8;/h3*4-8H,1H2,2-3H3;5,8H,2-4,7H2,1H3;. The van der Waals surface area contributed by atoms with Crippen molar-refractivity contribution in [2.45, 2.75) is 97.3 Å². The van der Waals surface area contributed by atoms with Crippen LogP contribution in [0.2, 0.25) is 13.3 Å². The minimum absolute atomic E-state index is 0.0237. The molecule has 0 atom stereocenters. The quantitative estimate of drug-likeness (QED) is 0.139. The number of aliphatic hydroxyl groups is 1. The number of hydrogen-bond donors (Lipinski definition) is 1. The van der Waals surface area contributed by atoms with Gasteiger partial charge in [0.25, 0.3) is 0 Å². The normalized spacial score (nSPS) is 13.5. The molecule has 0 aliphatic carbocycles. The van der Waals surface area contributed by atoms with Crippen LogP contribution in [0.25, 0.3) is 0 Å². The first-order valence-electron chi connectivity index (χ1n) is 14.9. The van der Waals surface area contributed by atoms with Crippen molar-refractivity contribution in [3.8, 4) is 0 Å². The van der Waals surface area contributed by atoms with E-state index in [4.69, 9.17) is 0 Å². The van der Waals surface area contributed by atoms with E-state index in [0.717, 1.165) is 6.42 Å². The zero-order chi connectivity index (χ0) is 28.6. The molecule has 3 rings (SSSR count). The molecular weight excluding hydrogens is 579 g/mol. The summed E-state index contributed by atoms with van der Waals surface area (Å²) in [5.74, 6) is 0. The van der Waals surface area contributed by atoms with Crippen LogP contribution in [0.1, 0.15) is 84.4 Å². The van der Waals surface area contributed by atoms with E-state index in [1.165, 1.54) is 46.4 Å². The topological polar surface area (TPSA) is 20.2 Å². The average Bonchev–Trinajstić information content (AvgIpc) is 2.92. The van der Waals surface area contributed by atoms with Gasteiger partial charge in [0, 0.05) is 0 Å². The van der Waals surface area contributed by atoms with Crippen LogP contribution < -0.4 is 0 Å². The molecule has 0 aliphatic heterocycles. The van der Waals surface area contributed by atoms with E-state index in [9.17, 15) is 5.11 Å². The van der Waals surface area contributed by atoms with Crippen molar-refractivity contribution in [3.63, 3.8) is 0 Å². The molecule has 0 aromatic heterocycles. The summed E-state index contributed by atoms with van der Waals surface area (Å²) >= 11 is -3.40. The van der Waals surface area contributed by atoms with Crippen LogP contribution in [0.15, 0.2) is 101 Å². The third-order valence-electron chi connectivity index (χ3n) is 8.81. The molecule has 39 heavy (non-hydrogen) atoms. The molecule has 0 unspecified atom stereocenters. The van der Waals surface area contributed by atoms with Gasteiger partial charge in [-0.15, -0.1) is 0 Å². The minimum atomic E-state index is -3.40. The molecule has 210 valence electrons. The summed E-state index contributed by atoms with van der Waals surface area (Å²) < 4.78 is 4.96. The summed E-state index contributed by atoms with van der Waals surface area (Å²) in [6.07, 6.45) is 5.91. The van der Waals surface area contributed by atoms with Crippen molar-refractivity contribution in [1.29, 1.82) is 0 Å². The Morgan fingerprint density at radius 1 is 0.615 bits per heavy atom. The van der Waals surface area contributed by atoms with Crippen molar-refractivity contribution < 1.29 is 5.11 Å². The Kier molecular flexibility index (Phi) is 11.1. The molecule has 1 nitrogen and oxygen atoms in total. The molecule has 0 bridgehead atoms. The number of aliphatic hydroxyl groups excluding tert-OH is 1. The first-order chi connectivity index (χ1) is 18.5. The van der Waals surface area contributed by atoms with Crippen LogP contribution in [0.4, 0.5) is 0 Å². The summed E-state index contributed by atoms with van der Waals surface area (Å²) in [4.78, 5) is 0. The summed E-state index contributed by atoms with van der Waals surface area (Å²) in [6, 6.07) is 33.3. The van der Waals surface area contributed by atoms with Crippen molar-refractivity contribution in [2.24, 2.45) is 0 Å². The second-order valence-corrected chi connectivity index (χ2v) is 25.8. The van der Waals surface area contributed by atoms with Gasteiger partial charge in [0.2, 0.25) is 0 Å². The molecule has 0 saturated carbocycles. The number of hydrogen-bond acceptors (Lipinski definition) is 1. The molecule has 0 aliphatic rings. The Bertz CT molecular complexity index is 1030. The van der Waals surface area contributed by atoms with Crippen molar-refractivity contribution in [3.05, 3.63) is 117 Å². The monoisotopic (exact) mass is 632 g/mol. The van der Waals surface area contributed by atoms with E-state index in [-0.39, 0.29) is 22.9 Å². The van der Waals surface area contributed by atoms with Crippen LogP contribution in [-0.4, -0.2) is 30.1 Å². The number of rotatable bonds is 14. The summed E-state index contributed by atoms with van der Waals surface area (Å²) in [5, 5.41) is 11.1. The number of unbranched alkanes of at least 4 members (excludes halogenated alkanes) is 2. The van der Waals surface area contributed by atoms with Crippen LogP contribution in [0, 0.1) is 0 Å². The van der Waals surface area contributed by atoms with E-state index < -0.39 is 18.4 Å². The molecule has 2 heteroatoms. The zero-order valence-corrected chi connectivity index (χ0v) is 28.5. The molecule has 3 aromatic rings. The Hall–Kier alpha value is -1.84. The molecule has 0 saturated heterocycles. The van der Waals surface area contributed by atoms with Gasteiger partial charge in [-0.1, -0.05) is 0 Å². The third-order valence-corrected chi connectivity index (χ3v) is 27.1. The van der Waals surface area contributed by atoms with E-state index in [1.807, 2.05) is 0 Å². The molecule has 0 radical (unpaired) electrons. The Balaban J connectivity index is 2.24. The van der Waals surface area contributed by atoms with E-state index >= 15 is 0 Å². The van der Waals surface area contributed by atoms with Gasteiger partial charge in [0.05, 0.1) is 0 Å². The predicted octanol–water partition coefficient (Wildman–Crippen LogP) is 10.0. The fourth-order valence-electron chi connectivity index (χ4n) is 6.97. The fraction of sp³-hybridized carbons (Fsp3) is 0.459. The molecular formula is C37H52OSn. The first-order valence-corrected chi connectivity index (χ1v) is 22.4. The van der Waals surface area contributed by atoms with E-state index in [1.54, 1.807) is 0 Å². The molecule has 1 N–H and O–H groups in total. The fourth-order valence-corrected chi connectivity index (χ4v) is 28.8. The maximum absolute atomic E-state index is 11.1. The van der Waals surface area contributed by atoms with Crippen molar-refractivity contribution in [1.82, 2.24) is 0 Å². The molecule has 0 heterocycles.